The molecule has 88 valence electrons. The zero-order chi connectivity index (χ0) is 12.3. The second kappa shape index (κ2) is 4.44. The molecule has 1 atom stereocenters. The number of hydrogen-bond donors (Lipinski definition) is 2. The molecule has 0 bridgehead atoms. The highest BCUT2D eigenvalue weighted by Gasteiger charge is 2.27. The molecule has 6 heteroatoms. The van der Waals surface area contributed by atoms with Gasteiger partial charge in [-0.1, -0.05) is 0 Å². The van der Waals surface area contributed by atoms with Gasteiger partial charge in [-0.25, -0.2) is 8.78 Å². The van der Waals surface area contributed by atoms with E-state index in [2.05, 4.69) is 0 Å². The van der Waals surface area contributed by atoms with E-state index in [9.17, 15) is 13.6 Å². The Labute approximate surface area is 91.2 Å². The average molecular weight is 230 g/mol. The van der Waals surface area contributed by atoms with Crippen molar-refractivity contribution in [1.29, 1.82) is 0 Å². The van der Waals surface area contributed by atoms with Crippen molar-refractivity contribution in [3.8, 4) is 5.75 Å². The fourth-order valence-corrected chi connectivity index (χ4v) is 0.887. The summed E-state index contributed by atoms with van der Waals surface area (Å²) in [6, 6.07) is 2.74. The van der Waals surface area contributed by atoms with Crippen molar-refractivity contribution in [2.75, 3.05) is 6.61 Å². The average Bonchev–Trinajstić information content (AvgIpc) is 2.19. The summed E-state index contributed by atoms with van der Waals surface area (Å²) in [5.74, 6) is -2.47. The van der Waals surface area contributed by atoms with E-state index in [-0.39, 0.29) is 12.4 Å². The van der Waals surface area contributed by atoms with Crippen LogP contribution in [0.2, 0.25) is 0 Å². The minimum absolute atomic E-state index is 0.307. The maximum absolute atomic E-state index is 13.1. The van der Waals surface area contributed by atoms with Gasteiger partial charge in [-0.05, 0) is 19.1 Å². The van der Waals surface area contributed by atoms with Crippen molar-refractivity contribution in [1.82, 2.24) is 0 Å². The summed E-state index contributed by atoms with van der Waals surface area (Å²) in [6.07, 6.45) is 0. The molecule has 1 unspecified atom stereocenters. The molecule has 1 aromatic rings. The quantitative estimate of drug-likeness (QED) is 0.792. The van der Waals surface area contributed by atoms with E-state index in [1.165, 1.54) is 6.92 Å². The van der Waals surface area contributed by atoms with Crippen LogP contribution in [0.4, 0.5) is 8.78 Å². The minimum Gasteiger partial charge on any atom is -0.488 e. The normalized spacial score (nSPS) is 14.2. The van der Waals surface area contributed by atoms with Crippen LogP contribution in [0, 0.1) is 11.6 Å². The maximum Gasteiger partial charge on any atom is 0.240 e. The number of carbonyl (C=O) groups excluding carboxylic acids is 1. The Morgan fingerprint density at radius 2 is 2.12 bits per heavy atom. The zero-order valence-electron chi connectivity index (χ0n) is 8.67. The van der Waals surface area contributed by atoms with E-state index in [1.807, 2.05) is 0 Å². The van der Waals surface area contributed by atoms with Gasteiger partial charge in [0, 0.05) is 6.07 Å². The first kappa shape index (κ1) is 12.4. The van der Waals surface area contributed by atoms with E-state index < -0.39 is 23.1 Å². The summed E-state index contributed by atoms with van der Waals surface area (Å²) >= 11 is 0. The van der Waals surface area contributed by atoms with E-state index >= 15 is 0 Å². The molecule has 0 saturated carbocycles. The van der Waals surface area contributed by atoms with Gasteiger partial charge in [0.1, 0.15) is 18.0 Å². The third-order valence-corrected chi connectivity index (χ3v) is 1.98. The smallest absolute Gasteiger partial charge is 0.240 e. The Hall–Kier alpha value is -1.69. The van der Waals surface area contributed by atoms with Gasteiger partial charge in [0.15, 0.2) is 11.6 Å². The lowest BCUT2D eigenvalue weighted by Crippen LogP contribution is -2.53. The summed E-state index contributed by atoms with van der Waals surface area (Å²) in [6.45, 7) is 1.01. The number of ether oxygens (including phenoxy) is 1. The molecule has 1 aromatic carbocycles. The van der Waals surface area contributed by atoms with Crippen molar-refractivity contribution in [3.63, 3.8) is 0 Å². The second-order valence-corrected chi connectivity index (χ2v) is 3.65. The molecule has 4 N–H and O–H groups in total. The molecule has 1 rings (SSSR count). The standard InChI is InChI=1S/C10H12F2N2O2/c1-10(14,9(13)15)5-16-8-4-6(11)2-3-7(8)12/h2-4H,5,14H2,1H3,(H2,13,15). The molecule has 0 radical (unpaired) electrons. The highest BCUT2D eigenvalue weighted by molar-refractivity contribution is 5.84. The number of benzene rings is 1. The fraction of sp³-hybridized carbons (Fsp3) is 0.300. The number of hydrogen-bond acceptors (Lipinski definition) is 3. The van der Waals surface area contributed by atoms with Crippen molar-refractivity contribution >= 4 is 5.91 Å². The number of halogens is 2. The highest BCUT2D eigenvalue weighted by atomic mass is 19.1. The molecule has 4 nitrogen and oxygen atoms in total. The van der Waals surface area contributed by atoms with Gasteiger partial charge in [0.05, 0.1) is 0 Å². The molecule has 0 heterocycles. The van der Waals surface area contributed by atoms with Crippen LogP contribution in [-0.4, -0.2) is 18.1 Å². The fourth-order valence-electron chi connectivity index (χ4n) is 0.887. The van der Waals surface area contributed by atoms with Crippen LogP contribution in [0.15, 0.2) is 18.2 Å². The van der Waals surface area contributed by atoms with E-state index in [0.717, 1.165) is 18.2 Å². The van der Waals surface area contributed by atoms with Crippen LogP contribution in [0.3, 0.4) is 0 Å². The zero-order valence-corrected chi connectivity index (χ0v) is 8.67. The first-order chi connectivity index (χ1) is 7.33. The van der Waals surface area contributed by atoms with Crippen LogP contribution < -0.4 is 16.2 Å². The van der Waals surface area contributed by atoms with Crippen LogP contribution in [0.5, 0.6) is 5.75 Å². The molecular formula is C10H12F2N2O2. The lowest BCUT2D eigenvalue weighted by Gasteiger charge is -2.20. The lowest BCUT2D eigenvalue weighted by molar-refractivity contribution is -0.123. The van der Waals surface area contributed by atoms with E-state index in [1.54, 1.807) is 0 Å². The summed E-state index contributed by atoms with van der Waals surface area (Å²) < 4.78 is 30.8. The first-order valence-corrected chi connectivity index (χ1v) is 4.49. The highest BCUT2D eigenvalue weighted by Crippen LogP contribution is 2.18. The predicted molar refractivity (Wildman–Crippen MR) is 53.6 cm³/mol. The number of amides is 1. The summed E-state index contributed by atoms with van der Waals surface area (Å²) in [5, 5.41) is 0. The molecule has 0 aliphatic heterocycles. The molecule has 0 aliphatic rings. The van der Waals surface area contributed by atoms with Crippen molar-refractivity contribution < 1.29 is 18.3 Å². The Morgan fingerprint density at radius 1 is 1.50 bits per heavy atom. The van der Waals surface area contributed by atoms with Gasteiger partial charge in [-0.2, -0.15) is 0 Å². The van der Waals surface area contributed by atoms with Gasteiger partial charge in [0.25, 0.3) is 0 Å². The summed E-state index contributed by atoms with van der Waals surface area (Å²) in [7, 11) is 0. The Balaban J connectivity index is 2.75. The molecule has 0 saturated heterocycles. The molecule has 0 fully saturated rings. The number of primary amides is 1. The molecule has 0 aromatic heterocycles. The third kappa shape index (κ3) is 2.90. The topological polar surface area (TPSA) is 78.3 Å². The van der Waals surface area contributed by atoms with Crippen molar-refractivity contribution in [3.05, 3.63) is 29.8 Å². The number of carbonyl (C=O) groups is 1. The first-order valence-electron chi connectivity index (χ1n) is 4.49. The summed E-state index contributed by atoms with van der Waals surface area (Å²) in [4.78, 5) is 10.8. The SMILES string of the molecule is CC(N)(COc1cc(F)ccc1F)C(N)=O. The van der Waals surface area contributed by atoms with Crippen molar-refractivity contribution in [2.45, 2.75) is 12.5 Å². The van der Waals surface area contributed by atoms with Gasteiger partial charge in [-0.3, -0.25) is 4.79 Å². The lowest BCUT2D eigenvalue weighted by atomic mass is 10.1. The molecular weight excluding hydrogens is 218 g/mol. The van der Waals surface area contributed by atoms with E-state index in [4.69, 9.17) is 16.2 Å². The van der Waals surface area contributed by atoms with Gasteiger partial charge < -0.3 is 16.2 Å². The molecule has 16 heavy (non-hydrogen) atoms. The van der Waals surface area contributed by atoms with Crippen LogP contribution >= 0.6 is 0 Å². The number of nitrogens with two attached hydrogens (primary N) is 2. The minimum atomic E-state index is -1.43. The summed E-state index contributed by atoms with van der Waals surface area (Å²) in [5.41, 5.74) is 9.04. The maximum atomic E-state index is 13.1. The van der Waals surface area contributed by atoms with Crippen molar-refractivity contribution in [2.24, 2.45) is 11.5 Å². The molecule has 1 amide bonds. The van der Waals surface area contributed by atoms with Gasteiger partial charge >= 0.3 is 0 Å². The van der Waals surface area contributed by atoms with Crippen LogP contribution in [-0.2, 0) is 4.79 Å². The third-order valence-electron chi connectivity index (χ3n) is 1.98. The Bertz CT molecular complexity index is 408. The monoisotopic (exact) mass is 230 g/mol. The number of rotatable bonds is 4. The Kier molecular flexibility index (Phi) is 3.44. The van der Waals surface area contributed by atoms with Crippen LogP contribution in [0.1, 0.15) is 6.92 Å². The Morgan fingerprint density at radius 3 is 2.69 bits per heavy atom. The second-order valence-electron chi connectivity index (χ2n) is 3.65. The van der Waals surface area contributed by atoms with E-state index in [0.29, 0.717) is 0 Å². The molecule has 0 aliphatic carbocycles. The van der Waals surface area contributed by atoms with Crippen LogP contribution in [0.25, 0.3) is 0 Å². The largest absolute Gasteiger partial charge is 0.488 e. The predicted octanol–water partition coefficient (Wildman–Crippen LogP) is 0.546. The molecule has 0 spiro atoms. The van der Waals surface area contributed by atoms with Gasteiger partial charge in [0.2, 0.25) is 5.91 Å². The van der Waals surface area contributed by atoms with Gasteiger partial charge in [-0.15, -0.1) is 0 Å².